The van der Waals surface area contributed by atoms with Gasteiger partial charge < -0.3 is 5.73 Å². The maximum Gasteiger partial charge on any atom is 0.142 e. The van der Waals surface area contributed by atoms with Crippen LogP contribution in [0.1, 0.15) is 28.6 Å². The third-order valence-corrected chi connectivity index (χ3v) is 3.83. The summed E-state index contributed by atoms with van der Waals surface area (Å²) in [6, 6.07) is 4.55. The Labute approximate surface area is 117 Å². The lowest BCUT2D eigenvalue weighted by Gasteiger charge is -2.14. The lowest BCUT2D eigenvalue weighted by Crippen LogP contribution is -2.15. The van der Waals surface area contributed by atoms with Crippen molar-refractivity contribution in [1.29, 1.82) is 0 Å². The Balaban J connectivity index is 2.31. The largest absolute Gasteiger partial charge is 0.324 e. The van der Waals surface area contributed by atoms with E-state index in [0.29, 0.717) is 6.42 Å². The van der Waals surface area contributed by atoms with Gasteiger partial charge in [-0.15, -0.1) is 0 Å². The average molecular weight is 282 g/mol. The Morgan fingerprint density at radius 3 is 2.68 bits per heavy atom. The molecule has 1 unspecified atom stereocenters. The maximum absolute atomic E-state index is 13.4. The topological polar surface area (TPSA) is 43.8 Å². The summed E-state index contributed by atoms with van der Waals surface area (Å²) in [6.45, 7) is 3.90. The lowest BCUT2D eigenvalue weighted by atomic mass is 9.98. The molecule has 0 fully saturated rings. The Morgan fingerprint density at radius 1 is 1.42 bits per heavy atom. The van der Waals surface area contributed by atoms with Crippen LogP contribution in [0.25, 0.3) is 0 Å². The van der Waals surface area contributed by atoms with Gasteiger partial charge in [-0.3, -0.25) is 4.68 Å². The first-order valence-corrected chi connectivity index (χ1v) is 6.48. The number of halogens is 2. The highest BCUT2D eigenvalue weighted by Gasteiger charge is 2.18. The van der Waals surface area contributed by atoms with Gasteiger partial charge in [-0.2, -0.15) is 5.10 Å². The number of benzene rings is 1. The van der Waals surface area contributed by atoms with Crippen LogP contribution in [-0.4, -0.2) is 9.78 Å². The molecule has 0 saturated heterocycles. The zero-order valence-electron chi connectivity index (χ0n) is 11.2. The summed E-state index contributed by atoms with van der Waals surface area (Å²) in [6.07, 6.45) is 0.490. The van der Waals surface area contributed by atoms with Crippen molar-refractivity contribution in [3.63, 3.8) is 0 Å². The molecule has 0 spiro atoms. The van der Waals surface area contributed by atoms with Crippen LogP contribution < -0.4 is 5.73 Å². The normalized spacial score (nSPS) is 12.7. The van der Waals surface area contributed by atoms with E-state index in [1.807, 2.05) is 20.9 Å². The van der Waals surface area contributed by atoms with Crippen molar-refractivity contribution in [3.05, 3.63) is 51.6 Å². The molecular weight excluding hydrogens is 265 g/mol. The van der Waals surface area contributed by atoms with E-state index in [1.165, 1.54) is 6.07 Å². The molecule has 1 heterocycles. The van der Waals surface area contributed by atoms with Gasteiger partial charge in [-0.05, 0) is 31.9 Å². The van der Waals surface area contributed by atoms with Gasteiger partial charge >= 0.3 is 0 Å². The van der Waals surface area contributed by atoms with Crippen molar-refractivity contribution < 1.29 is 4.39 Å². The third-order valence-electron chi connectivity index (χ3n) is 3.41. The molecule has 0 aliphatic carbocycles. The van der Waals surface area contributed by atoms with E-state index in [9.17, 15) is 4.39 Å². The highest BCUT2D eigenvalue weighted by Crippen LogP contribution is 2.27. The summed E-state index contributed by atoms with van der Waals surface area (Å²) < 4.78 is 15.2. The second-order valence-corrected chi connectivity index (χ2v) is 5.11. The van der Waals surface area contributed by atoms with E-state index in [1.54, 1.807) is 16.8 Å². The average Bonchev–Trinajstić information content (AvgIpc) is 2.59. The van der Waals surface area contributed by atoms with Gasteiger partial charge in [-0.1, -0.05) is 23.7 Å². The molecule has 5 heteroatoms. The zero-order valence-corrected chi connectivity index (χ0v) is 12.0. The molecule has 1 aromatic heterocycles. The third kappa shape index (κ3) is 2.65. The summed E-state index contributed by atoms with van der Waals surface area (Å²) in [4.78, 5) is 0. The Bertz CT molecular complexity index is 607. The van der Waals surface area contributed by atoms with Crippen molar-refractivity contribution in [2.24, 2.45) is 12.8 Å². The molecule has 3 nitrogen and oxygen atoms in total. The number of hydrogen-bond acceptors (Lipinski definition) is 2. The SMILES string of the molecule is Cc1nn(C)c(C)c1C(N)Cc1cccc(F)c1Cl. The fourth-order valence-electron chi connectivity index (χ4n) is 2.37. The predicted octanol–water partition coefficient (Wildman–Crippen LogP) is 3.07. The first-order chi connectivity index (χ1) is 8.91. The minimum absolute atomic E-state index is 0.150. The molecule has 0 amide bonds. The van der Waals surface area contributed by atoms with E-state index in [0.717, 1.165) is 22.5 Å². The van der Waals surface area contributed by atoms with Crippen molar-refractivity contribution in [1.82, 2.24) is 9.78 Å². The number of aryl methyl sites for hydroxylation is 2. The van der Waals surface area contributed by atoms with Gasteiger partial charge in [0.15, 0.2) is 0 Å². The Hall–Kier alpha value is -1.39. The predicted molar refractivity (Wildman–Crippen MR) is 74.7 cm³/mol. The summed E-state index contributed by atoms with van der Waals surface area (Å²) in [5.74, 6) is -0.411. The molecule has 1 aromatic carbocycles. The van der Waals surface area contributed by atoms with Crippen LogP contribution >= 0.6 is 11.6 Å². The highest BCUT2D eigenvalue weighted by atomic mass is 35.5. The van der Waals surface area contributed by atoms with Crippen LogP contribution in [0.4, 0.5) is 4.39 Å². The fraction of sp³-hybridized carbons (Fsp3) is 0.357. The second kappa shape index (κ2) is 5.31. The van der Waals surface area contributed by atoms with Gasteiger partial charge in [0.2, 0.25) is 0 Å². The van der Waals surface area contributed by atoms with Crippen LogP contribution in [-0.2, 0) is 13.5 Å². The fourth-order valence-corrected chi connectivity index (χ4v) is 2.57. The summed E-state index contributed by atoms with van der Waals surface area (Å²) in [7, 11) is 1.88. The number of aromatic nitrogens is 2. The molecule has 102 valence electrons. The molecule has 0 aliphatic rings. The van der Waals surface area contributed by atoms with Gasteiger partial charge in [0, 0.05) is 24.3 Å². The maximum atomic E-state index is 13.4. The monoisotopic (exact) mass is 281 g/mol. The number of nitrogens with zero attached hydrogens (tertiary/aromatic N) is 2. The molecule has 2 aromatic rings. The second-order valence-electron chi connectivity index (χ2n) is 4.73. The summed E-state index contributed by atoms with van der Waals surface area (Å²) in [5.41, 5.74) is 9.88. The van der Waals surface area contributed by atoms with Crippen molar-refractivity contribution >= 4 is 11.6 Å². The summed E-state index contributed by atoms with van der Waals surface area (Å²) >= 11 is 5.96. The molecular formula is C14H17ClFN3. The molecule has 1 atom stereocenters. The smallest absolute Gasteiger partial charge is 0.142 e. The van der Waals surface area contributed by atoms with Crippen LogP contribution in [0.15, 0.2) is 18.2 Å². The van der Waals surface area contributed by atoms with Gasteiger partial charge in [0.05, 0.1) is 10.7 Å². The van der Waals surface area contributed by atoms with Crippen LogP contribution in [0.5, 0.6) is 0 Å². The molecule has 2 N–H and O–H groups in total. The molecule has 0 bridgehead atoms. The molecule has 0 radical (unpaired) electrons. The van der Waals surface area contributed by atoms with Crippen LogP contribution in [0.3, 0.4) is 0 Å². The lowest BCUT2D eigenvalue weighted by molar-refractivity contribution is 0.622. The van der Waals surface area contributed by atoms with Crippen molar-refractivity contribution in [2.75, 3.05) is 0 Å². The standard InChI is InChI=1S/C14H17ClFN3/c1-8-13(9(2)19(3)18-8)12(17)7-10-5-4-6-11(16)14(10)15/h4-6,12H,7,17H2,1-3H3. The molecule has 2 rings (SSSR count). The number of hydrogen-bond donors (Lipinski definition) is 1. The Morgan fingerprint density at radius 2 is 2.11 bits per heavy atom. The van der Waals surface area contributed by atoms with Gasteiger partial charge in [0.25, 0.3) is 0 Å². The Kier molecular flexibility index (Phi) is 3.92. The summed E-state index contributed by atoms with van der Waals surface area (Å²) in [5, 5.41) is 4.49. The molecule has 0 aliphatic heterocycles. The number of rotatable bonds is 3. The van der Waals surface area contributed by atoms with Crippen LogP contribution in [0.2, 0.25) is 5.02 Å². The first-order valence-electron chi connectivity index (χ1n) is 6.10. The van der Waals surface area contributed by atoms with Crippen LogP contribution in [0, 0.1) is 19.7 Å². The minimum atomic E-state index is -0.411. The van der Waals surface area contributed by atoms with E-state index >= 15 is 0 Å². The molecule has 0 saturated carbocycles. The molecule has 19 heavy (non-hydrogen) atoms. The van der Waals surface area contributed by atoms with E-state index < -0.39 is 5.82 Å². The van der Waals surface area contributed by atoms with E-state index in [-0.39, 0.29) is 11.1 Å². The van der Waals surface area contributed by atoms with Crippen molar-refractivity contribution in [3.8, 4) is 0 Å². The highest BCUT2D eigenvalue weighted by molar-refractivity contribution is 6.31. The van der Waals surface area contributed by atoms with Gasteiger partial charge in [-0.25, -0.2) is 4.39 Å². The van der Waals surface area contributed by atoms with Crippen molar-refractivity contribution in [2.45, 2.75) is 26.3 Å². The zero-order chi connectivity index (χ0) is 14.2. The van der Waals surface area contributed by atoms with Gasteiger partial charge in [0.1, 0.15) is 5.82 Å². The quantitative estimate of drug-likeness (QED) is 0.940. The van der Waals surface area contributed by atoms with E-state index in [2.05, 4.69) is 5.10 Å². The van der Waals surface area contributed by atoms with E-state index in [4.69, 9.17) is 17.3 Å². The number of nitrogens with two attached hydrogens (primary N) is 1. The first kappa shape index (κ1) is 14.0. The minimum Gasteiger partial charge on any atom is -0.324 e.